The van der Waals surface area contributed by atoms with Crippen molar-refractivity contribution >= 4 is 11.6 Å². The molecule has 4 heteroatoms. The smallest absolute Gasteiger partial charge is 0.255 e. The molecule has 0 saturated heterocycles. The fraction of sp³-hybridized carbons (Fsp3) is 0.278. The molecular formula is C18H21NO3. The van der Waals surface area contributed by atoms with E-state index in [1.54, 1.807) is 32.4 Å². The normalized spacial score (nSPS) is 10.4. The largest absolute Gasteiger partial charge is 0.497 e. The van der Waals surface area contributed by atoms with Crippen molar-refractivity contribution in [3.63, 3.8) is 0 Å². The highest BCUT2D eigenvalue weighted by molar-refractivity contribution is 6.04. The zero-order valence-corrected chi connectivity index (χ0v) is 13.3. The van der Waals surface area contributed by atoms with Gasteiger partial charge in [-0.3, -0.25) is 4.79 Å². The van der Waals surface area contributed by atoms with E-state index >= 15 is 0 Å². The zero-order chi connectivity index (χ0) is 16.1. The van der Waals surface area contributed by atoms with E-state index in [2.05, 4.69) is 25.2 Å². The summed E-state index contributed by atoms with van der Waals surface area (Å²) in [4.78, 5) is 12.4. The van der Waals surface area contributed by atoms with Gasteiger partial charge in [-0.15, -0.1) is 0 Å². The van der Waals surface area contributed by atoms with Crippen LogP contribution in [-0.4, -0.2) is 20.1 Å². The lowest BCUT2D eigenvalue weighted by Crippen LogP contribution is -2.12. The molecule has 2 aromatic carbocycles. The summed E-state index contributed by atoms with van der Waals surface area (Å²) in [5.74, 6) is 1.38. The Hall–Kier alpha value is -2.49. The van der Waals surface area contributed by atoms with Gasteiger partial charge in [-0.1, -0.05) is 26.0 Å². The van der Waals surface area contributed by atoms with E-state index in [9.17, 15) is 4.79 Å². The summed E-state index contributed by atoms with van der Waals surface area (Å²) in [6.07, 6.45) is 0. The lowest BCUT2D eigenvalue weighted by Gasteiger charge is -2.11. The quantitative estimate of drug-likeness (QED) is 0.905. The fourth-order valence-electron chi connectivity index (χ4n) is 2.12. The molecule has 0 unspecified atom stereocenters. The fourth-order valence-corrected chi connectivity index (χ4v) is 2.12. The number of nitrogens with one attached hydrogen (secondary N) is 1. The van der Waals surface area contributed by atoms with Crippen LogP contribution in [-0.2, 0) is 0 Å². The van der Waals surface area contributed by atoms with Gasteiger partial charge in [0.05, 0.1) is 14.2 Å². The molecule has 0 atom stereocenters. The Morgan fingerprint density at radius 1 is 1.00 bits per heavy atom. The van der Waals surface area contributed by atoms with Crippen molar-refractivity contribution in [2.75, 3.05) is 19.5 Å². The van der Waals surface area contributed by atoms with Crippen LogP contribution in [0, 0.1) is 0 Å². The Labute approximate surface area is 131 Å². The molecule has 0 spiro atoms. The second kappa shape index (κ2) is 6.98. The molecule has 0 aliphatic heterocycles. The first-order valence-electron chi connectivity index (χ1n) is 7.18. The van der Waals surface area contributed by atoms with Crippen molar-refractivity contribution in [1.82, 2.24) is 0 Å². The maximum atomic E-state index is 12.4. The molecule has 0 saturated carbocycles. The average Bonchev–Trinajstić information content (AvgIpc) is 2.54. The van der Waals surface area contributed by atoms with Gasteiger partial charge in [-0.05, 0) is 35.7 Å². The maximum Gasteiger partial charge on any atom is 0.255 e. The topological polar surface area (TPSA) is 47.6 Å². The Morgan fingerprint density at radius 2 is 1.64 bits per heavy atom. The predicted octanol–water partition coefficient (Wildman–Crippen LogP) is 4.08. The Kier molecular flexibility index (Phi) is 5.04. The minimum absolute atomic E-state index is 0.196. The van der Waals surface area contributed by atoms with Gasteiger partial charge in [0, 0.05) is 17.3 Å². The SMILES string of the molecule is COc1cc(OC)cc(C(=O)Nc2cccc(C(C)C)c2)c1. The second-order valence-corrected chi connectivity index (χ2v) is 5.34. The first kappa shape index (κ1) is 15.9. The van der Waals surface area contributed by atoms with E-state index in [4.69, 9.17) is 9.47 Å². The van der Waals surface area contributed by atoms with Crippen LogP contribution in [0.5, 0.6) is 11.5 Å². The van der Waals surface area contributed by atoms with Crippen LogP contribution in [0.4, 0.5) is 5.69 Å². The number of carbonyl (C=O) groups is 1. The van der Waals surface area contributed by atoms with Crippen molar-refractivity contribution in [1.29, 1.82) is 0 Å². The third-order valence-corrected chi connectivity index (χ3v) is 3.42. The first-order chi connectivity index (χ1) is 10.5. The van der Waals surface area contributed by atoms with Crippen LogP contribution in [0.1, 0.15) is 35.7 Å². The highest BCUT2D eigenvalue weighted by Gasteiger charge is 2.11. The molecule has 2 rings (SSSR count). The summed E-state index contributed by atoms with van der Waals surface area (Å²) in [6.45, 7) is 4.24. The van der Waals surface area contributed by atoms with Crippen LogP contribution in [0.2, 0.25) is 0 Å². The number of hydrogen-bond acceptors (Lipinski definition) is 3. The zero-order valence-electron chi connectivity index (χ0n) is 13.3. The van der Waals surface area contributed by atoms with Gasteiger partial charge in [-0.25, -0.2) is 0 Å². The van der Waals surface area contributed by atoms with Gasteiger partial charge in [-0.2, -0.15) is 0 Å². The number of hydrogen-bond donors (Lipinski definition) is 1. The predicted molar refractivity (Wildman–Crippen MR) is 88.0 cm³/mol. The summed E-state index contributed by atoms with van der Waals surface area (Å²) >= 11 is 0. The van der Waals surface area contributed by atoms with E-state index in [0.29, 0.717) is 23.0 Å². The van der Waals surface area contributed by atoms with Gasteiger partial charge < -0.3 is 14.8 Å². The minimum atomic E-state index is -0.196. The van der Waals surface area contributed by atoms with Crippen molar-refractivity contribution in [2.45, 2.75) is 19.8 Å². The lowest BCUT2D eigenvalue weighted by molar-refractivity contribution is 0.102. The summed E-state index contributed by atoms with van der Waals surface area (Å²) in [5, 5.41) is 2.91. The molecule has 1 amide bonds. The molecule has 0 heterocycles. The standard InChI is InChI=1S/C18H21NO3/c1-12(2)13-6-5-7-15(8-13)19-18(20)14-9-16(21-3)11-17(10-14)22-4/h5-12H,1-4H3,(H,19,20). The van der Waals surface area contributed by atoms with E-state index in [1.807, 2.05) is 18.2 Å². The molecule has 0 bridgehead atoms. The summed E-state index contributed by atoms with van der Waals surface area (Å²) < 4.78 is 10.4. The molecule has 22 heavy (non-hydrogen) atoms. The molecule has 0 fully saturated rings. The monoisotopic (exact) mass is 299 g/mol. The third-order valence-electron chi connectivity index (χ3n) is 3.42. The number of anilines is 1. The summed E-state index contributed by atoms with van der Waals surface area (Å²) in [5.41, 5.74) is 2.45. The molecule has 0 aromatic heterocycles. The Bertz CT molecular complexity index is 643. The molecule has 0 aliphatic carbocycles. The number of methoxy groups -OCH3 is 2. The van der Waals surface area contributed by atoms with Crippen molar-refractivity contribution in [3.8, 4) is 11.5 Å². The number of rotatable bonds is 5. The molecule has 4 nitrogen and oxygen atoms in total. The van der Waals surface area contributed by atoms with E-state index in [1.165, 1.54) is 5.56 Å². The maximum absolute atomic E-state index is 12.4. The van der Waals surface area contributed by atoms with Crippen LogP contribution >= 0.6 is 0 Å². The van der Waals surface area contributed by atoms with E-state index in [-0.39, 0.29) is 5.91 Å². The van der Waals surface area contributed by atoms with Crippen molar-refractivity contribution in [2.24, 2.45) is 0 Å². The summed E-state index contributed by atoms with van der Waals surface area (Å²) in [6, 6.07) is 13.0. The van der Waals surface area contributed by atoms with Crippen molar-refractivity contribution < 1.29 is 14.3 Å². The van der Waals surface area contributed by atoms with Crippen LogP contribution in [0.3, 0.4) is 0 Å². The van der Waals surface area contributed by atoms with E-state index < -0.39 is 0 Å². The van der Waals surface area contributed by atoms with Gasteiger partial charge in [0.1, 0.15) is 11.5 Å². The first-order valence-corrected chi connectivity index (χ1v) is 7.18. The van der Waals surface area contributed by atoms with Gasteiger partial charge in [0.2, 0.25) is 0 Å². The highest BCUT2D eigenvalue weighted by atomic mass is 16.5. The van der Waals surface area contributed by atoms with Gasteiger partial charge in [0.15, 0.2) is 0 Å². The van der Waals surface area contributed by atoms with Crippen LogP contribution in [0.15, 0.2) is 42.5 Å². The molecule has 116 valence electrons. The highest BCUT2D eigenvalue weighted by Crippen LogP contribution is 2.24. The molecule has 1 N–H and O–H groups in total. The number of amides is 1. The van der Waals surface area contributed by atoms with E-state index in [0.717, 1.165) is 5.69 Å². The van der Waals surface area contributed by atoms with Gasteiger partial charge >= 0.3 is 0 Å². The lowest BCUT2D eigenvalue weighted by atomic mass is 10.0. The second-order valence-electron chi connectivity index (χ2n) is 5.34. The van der Waals surface area contributed by atoms with Crippen LogP contribution < -0.4 is 14.8 Å². The molecule has 0 radical (unpaired) electrons. The average molecular weight is 299 g/mol. The Balaban J connectivity index is 2.23. The number of carbonyl (C=O) groups excluding carboxylic acids is 1. The molecule has 0 aliphatic rings. The van der Waals surface area contributed by atoms with Gasteiger partial charge in [0.25, 0.3) is 5.91 Å². The molecule has 2 aromatic rings. The van der Waals surface area contributed by atoms with Crippen LogP contribution in [0.25, 0.3) is 0 Å². The number of ether oxygens (including phenoxy) is 2. The molecular weight excluding hydrogens is 278 g/mol. The third kappa shape index (κ3) is 3.79. The summed E-state index contributed by atoms with van der Waals surface area (Å²) in [7, 11) is 3.12. The number of benzene rings is 2. The van der Waals surface area contributed by atoms with Crippen molar-refractivity contribution in [3.05, 3.63) is 53.6 Å². The Morgan fingerprint density at radius 3 is 2.18 bits per heavy atom. The minimum Gasteiger partial charge on any atom is -0.497 e.